The Labute approximate surface area is 131 Å². The van der Waals surface area contributed by atoms with Gasteiger partial charge in [-0.05, 0) is 17.2 Å². The van der Waals surface area contributed by atoms with E-state index in [4.69, 9.17) is 9.47 Å². The summed E-state index contributed by atoms with van der Waals surface area (Å²) in [4.78, 5) is 0. The smallest absolute Gasteiger partial charge is 0.135 e. The molecule has 112 valence electrons. The zero-order valence-corrected chi connectivity index (χ0v) is 12.5. The molecule has 0 radical (unpaired) electrons. The molecule has 0 aromatic heterocycles. The van der Waals surface area contributed by atoms with Gasteiger partial charge in [0.2, 0.25) is 0 Å². The molecule has 2 heteroatoms. The fourth-order valence-electron chi connectivity index (χ4n) is 2.73. The van der Waals surface area contributed by atoms with Crippen molar-refractivity contribution in [2.24, 2.45) is 0 Å². The summed E-state index contributed by atoms with van der Waals surface area (Å²) in [6, 6.07) is 20.3. The molecule has 0 bridgehead atoms. The van der Waals surface area contributed by atoms with Crippen LogP contribution in [0.3, 0.4) is 0 Å². The average molecular weight is 292 g/mol. The van der Waals surface area contributed by atoms with E-state index in [1.54, 1.807) is 0 Å². The predicted octanol–water partition coefficient (Wildman–Crippen LogP) is 4.46. The Kier molecular flexibility index (Phi) is 4.52. The lowest BCUT2D eigenvalue weighted by Crippen LogP contribution is -2.39. The molecule has 2 aromatic rings. The van der Waals surface area contributed by atoms with Gasteiger partial charge >= 0.3 is 0 Å². The number of hydrogen-bond donors (Lipinski definition) is 0. The highest BCUT2D eigenvalue weighted by molar-refractivity contribution is 5.30. The van der Waals surface area contributed by atoms with Crippen LogP contribution in [-0.2, 0) is 16.1 Å². The molecule has 3 rings (SSSR count). The Morgan fingerprint density at radius 2 is 1.77 bits per heavy atom. The van der Waals surface area contributed by atoms with Crippen LogP contribution in [-0.4, -0.2) is 12.2 Å². The quantitative estimate of drug-likeness (QED) is 0.758. The second kappa shape index (κ2) is 6.73. The zero-order valence-electron chi connectivity index (χ0n) is 12.5. The molecule has 22 heavy (non-hydrogen) atoms. The van der Waals surface area contributed by atoms with Crippen LogP contribution in [0.5, 0.6) is 0 Å². The van der Waals surface area contributed by atoms with E-state index in [1.807, 2.05) is 48.6 Å². The number of benzene rings is 2. The molecule has 2 nitrogen and oxygen atoms in total. The van der Waals surface area contributed by atoms with E-state index in [1.165, 1.54) is 0 Å². The third-order valence-corrected chi connectivity index (χ3v) is 3.90. The Morgan fingerprint density at radius 3 is 2.45 bits per heavy atom. The lowest BCUT2D eigenvalue weighted by Gasteiger charge is -2.38. The molecule has 1 heterocycles. The normalized spacial score (nSPS) is 24.1. The van der Waals surface area contributed by atoms with Gasteiger partial charge in [-0.2, -0.15) is 0 Å². The highest BCUT2D eigenvalue weighted by atomic mass is 16.6. The topological polar surface area (TPSA) is 18.5 Å². The second-order valence-electron chi connectivity index (χ2n) is 5.36. The number of ether oxygens (including phenoxy) is 2. The fraction of sp³-hybridized carbons (Fsp3) is 0.200. The number of hydrogen-bond acceptors (Lipinski definition) is 2. The van der Waals surface area contributed by atoms with Crippen molar-refractivity contribution in [1.82, 2.24) is 0 Å². The van der Waals surface area contributed by atoms with E-state index in [-0.39, 0.29) is 6.10 Å². The summed E-state index contributed by atoms with van der Waals surface area (Å²) in [5.74, 6) is 0. The lowest BCUT2D eigenvalue weighted by atomic mass is 9.88. The summed E-state index contributed by atoms with van der Waals surface area (Å²) in [5.41, 5.74) is 1.59. The van der Waals surface area contributed by atoms with Gasteiger partial charge in [-0.3, -0.25) is 0 Å². The summed E-state index contributed by atoms with van der Waals surface area (Å²) in [6.07, 6.45) is 5.71. The van der Waals surface area contributed by atoms with Gasteiger partial charge in [0.15, 0.2) is 0 Å². The molecule has 1 aliphatic rings. The van der Waals surface area contributed by atoms with E-state index in [0.29, 0.717) is 13.2 Å². The lowest BCUT2D eigenvalue weighted by molar-refractivity contribution is -0.105. The summed E-state index contributed by atoms with van der Waals surface area (Å²) >= 11 is 0. The SMILES string of the molecule is C=C[C@]1(OCc2ccccc2)C=CCO[C@@H]1c1ccccc1. The van der Waals surface area contributed by atoms with Crippen LogP contribution in [0, 0.1) is 0 Å². The molecule has 1 aliphatic heterocycles. The van der Waals surface area contributed by atoms with Crippen LogP contribution in [0.25, 0.3) is 0 Å². The molecule has 0 fully saturated rings. The van der Waals surface area contributed by atoms with Crippen molar-refractivity contribution in [3.8, 4) is 0 Å². The molecule has 0 unspecified atom stereocenters. The molecule has 0 amide bonds. The predicted molar refractivity (Wildman–Crippen MR) is 88.4 cm³/mol. The maximum Gasteiger partial charge on any atom is 0.135 e. The molecule has 0 aliphatic carbocycles. The van der Waals surface area contributed by atoms with Crippen molar-refractivity contribution in [1.29, 1.82) is 0 Å². The molecule has 0 spiro atoms. The van der Waals surface area contributed by atoms with E-state index in [0.717, 1.165) is 11.1 Å². The highest BCUT2D eigenvalue weighted by Gasteiger charge is 2.38. The van der Waals surface area contributed by atoms with Gasteiger partial charge in [0.05, 0.1) is 13.2 Å². The van der Waals surface area contributed by atoms with Gasteiger partial charge < -0.3 is 9.47 Å². The van der Waals surface area contributed by atoms with Gasteiger partial charge in [0, 0.05) is 0 Å². The zero-order chi connectivity index (χ0) is 15.3. The molecular weight excluding hydrogens is 272 g/mol. The monoisotopic (exact) mass is 292 g/mol. The Hall–Kier alpha value is -2.16. The molecule has 2 aromatic carbocycles. The van der Waals surface area contributed by atoms with Crippen LogP contribution in [0.1, 0.15) is 17.2 Å². The maximum atomic E-state index is 6.24. The van der Waals surface area contributed by atoms with E-state index in [2.05, 4.69) is 36.9 Å². The van der Waals surface area contributed by atoms with Crippen molar-refractivity contribution >= 4 is 0 Å². The van der Waals surface area contributed by atoms with Crippen LogP contribution < -0.4 is 0 Å². The summed E-state index contributed by atoms with van der Waals surface area (Å²) < 4.78 is 12.2. The van der Waals surface area contributed by atoms with Crippen LogP contribution in [0.2, 0.25) is 0 Å². The van der Waals surface area contributed by atoms with Crippen molar-refractivity contribution in [2.45, 2.75) is 18.3 Å². The Bertz CT molecular complexity index is 633. The fourth-order valence-corrected chi connectivity index (χ4v) is 2.73. The minimum Gasteiger partial charge on any atom is -0.366 e. The van der Waals surface area contributed by atoms with Gasteiger partial charge in [-0.15, -0.1) is 0 Å². The van der Waals surface area contributed by atoms with Gasteiger partial charge in [-0.1, -0.05) is 79.4 Å². The first-order valence-corrected chi connectivity index (χ1v) is 7.50. The third kappa shape index (κ3) is 3.03. The van der Waals surface area contributed by atoms with Crippen molar-refractivity contribution in [2.75, 3.05) is 6.61 Å². The van der Waals surface area contributed by atoms with Gasteiger partial charge in [0.1, 0.15) is 11.7 Å². The van der Waals surface area contributed by atoms with Crippen molar-refractivity contribution < 1.29 is 9.47 Å². The largest absolute Gasteiger partial charge is 0.366 e. The first kappa shape index (κ1) is 14.8. The average Bonchev–Trinajstić information content (AvgIpc) is 2.62. The highest BCUT2D eigenvalue weighted by Crippen LogP contribution is 2.38. The summed E-state index contributed by atoms with van der Waals surface area (Å²) in [6.45, 7) is 5.09. The minimum atomic E-state index is -0.643. The Morgan fingerprint density at radius 1 is 1.09 bits per heavy atom. The second-order valence-corrected chi connectivity index (χ2v) is 5.36. The summed E-state index contributed by atoms with van der Waals surface area (Å²) in [5, 5.41) is 0. The summed E-state index contributed by atoms with van der Waals surface area (Å²) in [7, 11) is 0. The van der Waals surface area contributed by atoms with E-state index < -0.39 is 5.60 Å². The molecule has 2 atom stereocenters. The van der Waals surface area contributed by atoms with Gasteiger partial charge in [-0.25, -0.2) is 0 Å². The van der Waals surface area contributed by atoms with Crippen LogP contribution in [0.4, 0.5) is 0 Å². The minimum absolute atomic E-state index is 0.181. The Balaban J connectivity index is 1.86. The molecule has 0 N–H and O–H groups in total. The van der Waals surface area contributed by atoms with Crippen LogP contribution in [0.15, 0.2) is 85.5 Å². The maximum absolute atomic E-state index is 6.24. The standard InChI is InChI=1S/C20H20O2/c1-2-20(22-16-17-10-5-3-6-11-17)14-9-15-21-19(20)18-12-7-4-8-13-18/h2-14,19H,1,15-16H2/t19-,20+/m1/s1. The van der Waals surface area contributed by atoms with Gasteiger partial charge in [0.25, 0.3) is 0 Å². The van der Waals surface area contributed by atoms with Crippen LogP contribution >= 0.6 is 0 Å². The third-order valence-electron chi connectivity index (χ3n) is 3.90. The van der Waals surface area contributed by atoms with E-state index in [9.17, 15) is 0 Å². The first-order valence-electron chi connectivity index (χ1n) is 7.50. The molecular formula is C20H20O2. The molecule has 0 saturated heterocycles. The first-order chi connectivity index (χ1) is 10.8. The van der Waals surface area contributed by atoms with Crippen molar-refractivity contribution in [3.63, 3.8) is 0 Å². The molecule has 0 saturated carbocycles. The van der Waals surface area contributed by atoms with E-state index >= 15 is 0 Å². The van der Waals surface area contributed by atoms with Crippen molar-refractivity contribution in [3.05, 3.63) is 96.6 Å². The number of rotatable bonds is 5.